The van der Waals surface area contributed by atoms with Crippen LogP contribution in [0.4, 0.5) is 0 Å². The van der Waals surface area contributed by atoms with Crippen molar-refractivity contribution in [1.82, 2.24) is 4.90 Å². The summed E-state index contributed by atoms with van der Waals surface area (Å²) < 4.78 is 0. The Morgan fingerprint density at radius 1 is 1.73 bits per heavy atom. The molecule has 0 bridgehead atoms. The van der Waals surface area contributed by atoms with E-state index in [4.69, 9.17) is 23.2 Å². The maximum atomic E-state index is 9.33. The van der Waals surface area contributed by atoms with Gasteiger partial charge in [-0.2, -0.15) is 0 Å². The zero-order chi connectivity index (χ0) is 8.48. The first-order valence-corrected chi connectivity index (χ1v) is 4.24. The lowest BCUT2D eigenvalue weighted by Crippen LogP contribution is -2.59. The van der Waals surface area contributed by atoms with Crippen LogP contribution in [0.1, 0.15) is 6.92 Å². The maximum absolute atomic E-state index is 9.33. The largest absolute Gasteiger partial charge is 0.388 e. The maximum Gasteiger partial charge on any atom is 0.0872 e. The van der Waals surface area contributed by atoms with E-state index in [1.807, 2.05) is 11.8 Å². The fourth-order valence-electron chi connectivity index (χ4n) is 1.28. The predicted molar refractivity (Wildman–Crippen MR) is 46.9 cm³/mol. The molecule has 0 aromatic rings. The molecule has 1 rings (SSSR count). The zero-order valence-electron chi connectivity index (χ0n) is 6.35. The highest BCUT2D eigenvalue weighted by Gasteiger charge is 2.36. The van der Waals surface area contributed by atoms with Gasteiger partial charge in [0.25, 0.3) is 0 Å². The number of halogens is 2. The Balaban J connectivity index is 2.24. The summed E-state index contributed by atoms with van der Waals surface area (Å²) >= 11 is 11.0. The van der Waals surface area contributed by atoms with Crippen LogP contribution in [0, 0.1) is 0 Å². The molecule has 0 unspecified atom stereocenters. The molecule has 0 aromatic heterocycles. The number of β-amino-alcohol motifs (C(OH)–C–C–N with tert-alkyl or cyclic N) is 1. The third-order valence-electron chi connectivity index (χ3n) is 1.62. The minimum Gasteiger partial charge on any atom is -0.388 e. The quantitative estimate of drug-likeness (QED) is 0.720. The van der Waals surface area contributed by atoms with Crippen molar-refractivity contribution in [3.05, 3.63) is 10.6 Å². The summed E-state index contributed by atoms with van der Waals surface area (Å²) in [4.78, 5) is 2.03. The van der Waals surface area contributed by atoms with Gasteiger partial charge < -0.3 is 5.11 Å². The van der Waals surface area contributed by atoms with Crippen LogP contribution < -0.4 is 0 Å². The van der Waals surface area contributed by atoms with Gasteiger partial charge in [-0.3, -0.25) is 4.90 Å². The van der Waals surface area contributed by atoms with Crippen LogP contribution in [0.5, 0.6) is 0 Å². The van der Waals surface area contributed by atoms with E-state index < -0.39 is 5.60 Å². The highest BCUT2D eigenvalue weighted by molar-refractivity contribution is 6.36. The monoisotopic (exact) mass is 195 g/mol. The predicted octanol–water partition coefficient (Wildman–Crippen LogP) is 1.37. The van der Waals surface area contributed by atoms with Gasteiger partial charge in [0.1, 0.15) is 0 Å². The second kappa shape index (κ2) is 3.31. The third kappa shape index (κ3) is 2.64. The molecule has 1 saturated heterocycles. The molecule has 0 radical (unpaired) electrons. The van der Waals surface area contributed by atoms with Crippen LogP contribution in [-0.2, 0) is 0 Å². The Labute approximate surface area is 76.4 Å². The number of likely N-dealkylation sites (tertiary alicyclic amines) is 1. The van der Waals surface area contributed by atoms with E-state index in [0.717, 1.165) is 0 Å². The van der Waals surface area contributed by atoms with E-state index in [-0.39, 0.29) is 0 Å². The van der Waals surface area contributed by atoms with Gasteiger partial charge in [0.05, 0.1) is 5.60 Å². The lowest BCUT2D eigenvalue weighted by molar-refractivity contribution is -0.0781. The SMILES string of the molecule is CC1(O)CN(CC(Cl)=CCl)C1. The van der Waals surface area contributed by atoms with Crippen molar-refractivity contribution >= 4 is 23.2 Å². The van der Waals surface area contributed by atoms with Crippen LogP contribution >= 0.6 is 23.2 Å². The summed E-state index contributed by atoms with van der Waals surface area (Å²) in [6.07, 6.45) is 0. The van der Waals surface area contributed by atoms with E-state index >= 15 is 0 Å². The second-order valence-corrected chi connectivity index (χ2v) is 3.90. The van der Waals surface area contributed by atoms with Crippen molar-refractivity contribution in [3.63, 3.8) is 0 Å². The van der Waals surface area contributed by atoms with Gasteiger partial charge in [0.15, 0.2) is 0 Å². The van der Waals surface area contributed by atoms with Gasteiger partial charge in [-0.25, -0.2) is 0 Å². The lowest BCUT2D eigenvalue weighted by Gasteiger charge is -2.44. The van der Waals surface area contributed by atoms with Crippen LogP contribution in [0.15, 0.2) is 10.6 Å². The standard InChI is InChI=1S/C7H11Cl2NO/c1-7(11)4-10(5-7)3-6(9)2-8/h2,11H,3-5H2,1H3. The summed E-state index contributed by atoms with van der Waals surface area (Å²) in [6, 6.07) is 0. The molecule has 4 heteroatoms. The van der Waals surface area contributed by atoms with Gasteiger partial charge in [-0.15, -0.1) is 0 Å². The minimum absolute atomic E-state index is 0.524. The Kier molecular flexibility index (Phi) is 2.81. The molecule has 0 amide bonds. The van der Waals surface area contributed by atoms with Gasteiger partial charge in [0.2, 0.25) is 0 Å². The first-order valence-electron chi connectivity index (χ1n) is 3.43. The first kappa shape index (κ1) is 9.33. The second-order valence-electron chi connectivity index (χ2n) is 3.20. The minimum atomic E-state index is -0.524. The number of aliphatic hydroxyl groups is 1. The summed E-state index contributed by atoms with van der Waals surface area (Å²) in [5, 5.41) is 9.95. The average Bonchev–Trinajstić information content (AvgIpc) is 1.83. The number of hydrogen-bond donors (Lipinski definition) is 1. The van der Waals surface area contributed by atoms with E-state index in [1.165, 1.54) is 5.54 Å². The topological polar surface area (TPSA) is 23.5 Å². The zero-order valence-corrected chi connectivity index (χ0v) is 7.86. The molecule has 2 nitrogen and oxygen atoms in total. The highest BCUT2D eigenvalue weighted by Crippen LogP contribution is 2.21. The number of hydrogen-bond acceptors (Lipinski definition) is 2. The van der Waals surface area contributed by atoms with E-state index in [2.05, 4.69) is 0 Å². The summed E-state index contributed by atoms with van der Waals surface area (Å²) in [6.45, 7) is 3.80. The molecule has 64 valence electrons. The van der Waals surface area contributed by atoms with Crippen molar-refractivity contribution in [3.8, 4) is 0 Å². The average molecular weight is 196 g/mol. The summed E-state index contributed by atoms with van der Waals surface area (Å²) in [5.74, 6) is 0. The molecular weight excluding hydrogens is 185 g/mol. The van der Waals surface area contributed by atoms with Crippen LogP contribution in [0.25, 0.3) is 0 Å². The van der Waals surface area contributed by atoms with E-state index in [0.29, 0.717) is 24.7 Å². The summed E-state index contributed by atoms with van der Waals surface area (Å²) in [7, 11) is 0. The molecule has 1 aliphatic heterocycles. The van der Waals surface area contributed by atoms with Crippen molar-refractivity contribution in [2.75, 3.05) is 19.6 Å². The van der Waals surface area contributed by atoms with E-state index in [9.17, 15) is 5.11 Å². The Morgan fingerprint density at radius 3 is 2.64 bits per heavy atom. The highest BCUT2D eigenvalue weighted by atomic mass is 35.5. The Morgan fingerprint density at radius 2 is 2.27 bits per heavy atom. The number of rotatable bonds is 2. The molecule has 1 fully saturated rings. The van der Waals surface area contributed by atoms with Crippen molar-refractivity contribution in [2.24, 2.45) is 0 Å². The van der Waals surface area contributed by atoms with Gasteiger partial charge in [0, 0.05) is 30.2 Å². The lowest BCUT2D eigenvalue weighted by atomic mass is 9.97. The molecule has 0 aliphatic carbocycles. The fraction of sp³-hybridized carbons (Fsp3) is 0.714. The van der Waals surface area contributed by atoms with Crippen molar-refractivity contribution in [2.45, 2.75) is 12.5 Å². The van der Waals surface area contributed by atoms with E-state index in [1.54, 1.807) is 0 Å². The van der Waals surface area contributed by atoms with Crippen molar-refractivity contribution < 1.29 is 5.11 Å². The molecule has 0 atom stereocenters. The first-order chi connectivity index (χ1) is 5.03. The molecule has 1 N–H and O–H groups in total. The van der Waals surface area contributed by atoms with Crippen LogP contribution in [0.2, 0.25) is 0 Å². The molecule has 0 spiro atoms. The Bertz CT molecular complexity index is 171. The smallest absolute Gasteiger partial charge is 0.0872 e. The van der Waals surface area contributed by atoms with Gasteiger partial charge in [-0.1, -0.05) is 23.2 Å². The molecule has 11 heavy (non-hydrogen) atoms. The molecule has 0 aromatic carbocycles. The Hall–Kier alpha value is 0.240. The molecule has 1 aliphatic rings. The van der Waals surface area contributed by atoms with Gasteiger partial charge in [-0.05, 0) is 6.92 Å². The van der Waals surface area contributed by atoms with Crippen LogP contribution in [0.3, 0.4) is 0 Å². The number of nitrogens with zero attached hydrogens (tertiary/aromatic N) is 1. The van der Waals surface area contributed by atoms with Crippen molar-refractivity contribution in [1.29, 1.82) is 0 Å². The third-order valence-corrected chi connectivity index (χ3v) is 2.23. The normalized spacial score (nSPS) is 24.9. The van der Waals surface area contributed by atoms with Crippen LogP contribution in [-0.4, -0.2) is 35.2 Å². The molecular formula is C7H11Cl2NO. The fourth-order valence-corrected chi connectivity index (χ4v) is 1.52. The summed E-state index contributed by atoms with van der Waals surface area (Å²) in [5.41, 5.74) is 0.831. The van der Waals surface area contributed by atoms with Gasteiger partial charge >= 0.3 is 0 Å². The molecule has 1 heterocycles. The molecule has 0 saturated carbocycles.